The van der Waals surface area contributed by atoms with Crippen molar-refractivity contribution >= 4 is 5.91 Å². The van der Waals surface area contributed by atoms with Gasteiger partial charge in [-0.05, 0) is 45.6 Å². The topological polar surface area (TPSA) is 52.6 Å². The lowest BCUT2D eigenvalue weighted by atomic mass is 9.95. The van der Waals surface area contributed by atoms with Crippen molar-refractivity contribution in [1.82, 2.24) is 10.2 Å². The van der Waals surface area contributed by atoms with Gasteiger partial charge in [-0.1, -0.05) is 6.42 Å². The maximum Gasteiger partial charge on any atom is 0.240 e. The van der Waals surface area contributed by atoms with Crippen molar-refractivity contribution in [2.24, 2.45) is 0 Å². The van der Waals surface area contributed by atoms with E-state index in [0.29, 0.717) is 0 Å². The second-order valence-corrected chi connectivity index (χ2v) is 5.34. The molecule has 2 aliphatic heterocycles. The van der Waals surface area contributed by atoms with E-state index < -0.39 is 6.10 Å². The maximum absolute atomic E-state index is 12.4. The fraction of sp³-hybridized carbons (Fsp3) is 0.923. The highest BCUT2D eigenvalue weighted by Gasteiger charge is 2.33. The van der Waals surface area contributed by atoms with Crippen LogP contribution in [0.5, 0.6) is 0 Å². The van der Waals surface area contributed by atoms with Crippen molar-refractivity contribution in [2.45, 2.75) is 63.6 Å². The summed E-state index contributed by atoms with van der Waals surface area (Å²) in [5.74, 6) is 0.204. The van der Waals surface area contributed by atoms with Crippen molar-refractivity contribution in [3.63, 3.8) is 0 Å². The van der Waals surface area contributed by atoms with E-state index in [1.807, 2.05) is 4.90 Å². The first-order chi connectivity index (χ1) is 8.20. The molecule has 0 spiro atoms. The molecule has 0 aromatic rings. The molecule has 0 aromatic carbocycles. The lowest BCUT2D eigenvalue weighted by Gasteiger charge is -2.40. The van der Waals surface area contributed by atoms with Crippen LogP contribution in [0.3, 0.4) is 0 Å². The molecule has 2 fully saturated rings. The third kappa shape index (κ3) is 2.99. The van der Waals surface area contributed by atoms with Crippen LogP contribution in [0.1, 0.15) is 45.4 Å². The second kappa shape index (κ2) is 5.83. The number of carbonyl (C=O) groups excluding carboxylic acids is 1. The first-order valence-electron chi connectivity index (χ1n) is 6.92. The molecule has 4 heteroatoms. The van der Waals surface area contributed by atoms with Crippen LogP contribution in [-0.4, -0.2) is 47.2 Å². The standard InChI is InChI=1S/C13H24N2O2/c1-10(16)12-7-3-5-9-15(12)13(17)11-6-2-4-8-14-11/h10-12,14,16H,2-9H2,1H3/t10-,11+,12+/m0/s1. The highest BCUT2D eigenvalue weighted by molar-refractivity contribution is 5.82. The minimum absolute atomic E-state index is 0.0110. The van der Waals surface area contributed by atoms with Gasteiger partial charge in [0.05, 0.1) is 18.2 Å². The number of aliphatic hydroxyl groups excluding tert-OH is 1. The highest BCUT2D eigenvalue weighted by Crippen LogP contribution is 2.22. The number of carbonyl (C=O) groups is 1. The Bertz CT molecular complexity index is 262. The van der Waals surface area contributed by atoms with E-state index in [4.69, 9.17) is 0 Å². The Morgan fingerprint density at radius 2 is 2.06 bits per heavy atom. The number of aliphatic hydroxyl groups is 1. The summed E-state index contributed by atoms with van der Waals surface area (Å²) in [5.41, 5.74) is 0. The summed E-state index contributed by atoms with van der Waals surface area (Å²) >= 11 is 0. The van der Waals surface area contributed by atoms with E-state index in [-0.39, 0.29) is 18.0 Å². The van der Waals surface area contributed by atoms with Crippen LogP contribution in [0.2, 0.25) is 0 Å². The first-order valence-corrected chi connectivity index (χ1v) is 6.92. The third-order valence-electron chi connectivity index (χ3n) is 4.00. The largest absolute Gasteiger partial charge is 0.391 e. The molecule has 0 unspecified atom stereocenters. The minimum Gasteiger partial charge on any atom is -0.391 e. The zero-order valence-corrected chi connectivity index (χ0v) is 10.7. The Kier molecular flexibility index (Phi) is 4.40. The van der Waals surface area contributed by atoms with Crippen LogP contribution in [0, 0.1) is 0 Å². The molecule has 0 radical (unpaired) electrons. The van der Waals surface area contributed by atoms with Crippen molar-refractivity contribution in [2.75, 3.05) is 13.1 Å². The highest BCUT2D eigenvalue weighted by atomic mass is 16.3. The van der Waals surface area contributed by atoms with Gasteiger partial charge >= 0.3 is 0 Å². The van der Waals surface area contributed by atoms with E-state index in [1.54, 1.807) is 6.92 Å². The summed E-state index contributed by atoms with van der Waals surface area (Å²) in [6.07, 6.45) is 5.97. The van der Waals surface area contributed by atoms with Gasteiger partial charge in [0.1, 0.15) is 0 Å². The minimum atomic E-state index is -0.414. The van der Waals surface area contributed by atoms with E-state index in [1.165, 1.54) is 6.42 Å². The zero-order valence-electron chi connectivity index (χ0n) is 10.7. The molecule has 0 aliphatic carbocycles. The number of amides is 1. The summed E-state index contributed by atoms with van der Waals surface area (Å²) in [6.45, 7) is 3.56. The van der Waals surface area contributed by atoms with Gasteiger partial charge in [-0.3, -0.25) is 4.79 Å². The van der Waals surface area contributed by atoms with Gasteiger partial charge < -0.3 is 15.3 Å². The normalized spacial score (nSPS) is 32.2. The van der Waals surface area contributed by atoms with Crippen LogP contribution in [0.4, 0.5) is 0 Å². The van der Waals surface area contributed by atoms with Gasteiger partial charge in [0.2, 0.25) is 5.91 Å². The fourth-order valence-corrected chi connectivity index (χ4v) is 3.00. The summed E-state index contributed by atoms with van der Waals surface area (Å²) in [6, 6.07) is 0.0167. The first kappa shape index (κ1) is 12.8. The second-order valence-electron chi connectivity index (χ2n) is 5.34. The van der Waals surface area contributed by atoms with Gasteiger partial charge in [0.15, 0.2) is 0 Å². The lowest BCUT2D eigenvalue weighted by Crippen LogP contribution is -2.56. The molecule has 4 nitrogen and oxygen atoms in total. The number of nitrogens with zero attached hydrogens (tertiary/aromatic N) is 1. The average Bonchev–Trinajstić information content (AvgIpc) is 2.39. The fourth-order valence-electron chi connectivity index (χ4n) is 3.00. The number of likely N-dealkylation sites (tertiary alicyclic amines) is 1. The number of hydrogen-bond acceptors (Lipinski definition) is 3. The van der Waals surface area contributed by atoms with E-state index in [2.05, 4.69) is 5.32 Å². The van der Waals surface area contributed by atoms with Crippen LogP contribution in [0.15, 0.2) is 0 Å². The smallest absolute Gasteiger partial charge is 0.240 e. The summed E-state index contributed by atoms with van der Waals surface area (Å²) in [7, 11) is 0. The Balaban J connectivity index is 1.99. The summed E-state index contributed by atoms with van der Waals surface area (Å²) < 4.78 is 0. The molecule has 0 bridgehead atoms. The molecule has 2 saturated heterocycles. The Morgan fingerprint density at radius 3 is 2.71 bits per heavy atom. The van der Waals surface area contributed by atoms with Gasteiger partial charge in [-0.15, -0.1) is 0 Å². The molecule has 3 atom stereocenters. The zero-order chi connectivity index (χ0) is 12.3. The summed E-state index contributed by atoms with van der Waals surface area (Å²) in [5, 5.41) is 13.1. The monoisotopic (exact) mass is 240 g/mol. The van der Waals surface area contributed by atoms with Crippen molar-refractivity contribution in [3.8, 4) is 0 Å². The SMILES string of the molecule is C[C@H](O)[C@H]1CCCCN1C(=O)[C@H]1CCCCN1. The molecule has 17 heavy (non-hydrogen) atoms. The number of hydrogen-bond donors (Lipinski definition) is 2. The quantitative estimate of drug-likeness (QED) is 0.753. The maximum atomic E-state index is 12.4. The van der Waals surface area contributed by atoms with Crippen molar-refractivity contribution < 1.29 is 9.90 Å². The average molecular weight is 240 g/mol. The number of piperidine rings is 2. The molecule has 0 aromatic heterocycles. The molecule has 2 heterocycles. The van der Waals surface area contributed by atoms with E-state index >= 15 is 0 Å². The molecule has 2 aliphatic rings. The molecule has 2 N–H and O–H groups in total. The van der Waals surface area contributed by atoms with Crippen LogP contribution in [-0.2, 0) is 4.79 Å². The Hall–Kier alpha value is -0.610. The Morgan fingerprint density at radius 1 is 1.29 bits per heavy atom. The molecule has 1 amide bonds. The summed E-state index contributed by atoms with van der Waals surface area (Å²) in [4.78, 5) is 14.3. The lowest BCUT2D eigenvalue weighted by molar-refractivity contribution is -0.140. The van der Waals surface area contributed by atoms with Gasteiger partial charge in [0.25, 0.3) is 0 Å². The van der Waals surface area contributed by atoms with Gasteiger partial charge in [-0.2, -0.15) is 0 Å². The van der Waals surface area contributed by atoms with Gasteiger partial charge in [0, 0.05) is 6.54 Å². The van der Waals surface area contributed by atoms with E-state index in [9.17, 15) is 9.90 Å². The predicted octanol–water partition coefficient (Wildman–Crippen LogP) is 0.890. The molecule has 98 valence electrons. The van der Waals surface area contributed by atoms with Crippen LogP contribution in [0.25, 0.3) is 0 Å². The van der Waals surface area contributed by atoms with E-state index in [0.717, 1.165) is 45.2 Å². The third-order valence-corrected chi connectivity index (χ3v) is 4.00. The molecular formula is C13H24N2O2. The van der Waals surface area contributed by atoms with Gasteiger partial charge in [-0.25, -0.2) is 0 Å². The molecular weight excluding hydrogens is 216 g/mol. The molecule has 2 rings (SSSR count). The number of nitrogens with one attached hydrogen (secondary N) is 1. The number of rotatable bonds is 2. The van der Waals surface area contributed by atoms with Crippen molar-refractivity contribution in [3.05, 3.63) is 0 Å². The van der Waals surface area contributed by atoms with Crippen LogP contribution < -0.4 is 5.32 Å². The predicted molar refractivity (Wildman–Crippen MR) is 66.7 cm³/mol. The van der Waals surface area contributed by atoms with Crippen molar-refractivity contribution in [1.29, 1.82) is 0 Å². The Labute approximate surface area is 103 Å². The van der Waals surface area contributed by atoms with Crippen LogP contribution >= 0.6 is 0 Å². The molecule has 0 saturated carbocycles.